The molecule has 0 saturated carbocycles. The molecule has 1 N–H and O–H groups in total. The van der Waals surface area contributed by atoms with Crippen LogP contribution in [0.3, 0.4) is 0 Å². The number of hydrogen-bond donors (Lipinski definition) is 1. The Morgan fingerprint density at radius 3 is 3.11 bits per heavy atom. The van der Waals surface area contributed by atoms with E-state index in [2.05, 4.69) is 35.5 Å². The molecule has 1 aromatic carbocycles. The highest BCUT2D eigenvalue weighted by molar-refractivity contribution is 5.57. The molecule has 0 spiro atoms. The average molecular weight is 257 g/mol. The van der Waals surface area contributed by atoms with Gasteiger partial charge >= 0.3 is 0 Å². The van der Waals surface area contributed by atoms with Gasteiger partial charge < -0.3 is 10.1 Å². The lowest BCUT2D eigenvalue weighted by molar-refractivity contribution is 0.0876. The van der Waals surface area contributed by atoms with E-state index in [9.17, 15) is 0 Å². The van der Waals surface area contributed by atoms with Gasteiger partial charge in [0.25, 0.3) is 0 Å². The van der Waals surface area contributed by atoms with Crippen LogP contribution in [-0.2, 0) is 4.74 Å². The van der Waals surface area contributed by atoms with Crippen LogP contribution in [0, 0.1) is 6.92 Å². The summed E-state index contributed by atoms with van der Waals surface area (Å²) in [6.45, 7) is 3.81. The molecule has 1 aliphatic rings. The molecule has 4 heteroatoms. The SMILES string of the molecule is Cc1ccc(-n2cccn2)cc1NC1CCCOC1. The molecule has 0 aliphatic carbocycles. The van der Waals surface area contributed by atoms with Gasteiger partial charge in [0, 0.05) is 30.7 Å². The molecule has 1 atom stereocenters. The van der Waals surface area contributed by atoms with E-state index in [0.717, 1.165) is 25.3 Å². The fourth-order valence-corrected chi connectivity index (χ4v) is 2.40. The summed E-state index contributed by atoms with van der Waals surface area (Å²) in [4.78, 5) is 0. The third-order valence-electron chi connectivity index (χ3n) is 3.51. The Bertz CT molecular complexity index is 530. The van der Waals surface area contributed by atoms with Crippen molar-refractivity contribution in [3.05, 3.63) is 42.2 Å². The van der Waals surface area contributed by atoms with Gasteiger partial charge in [-0.25, -0.2) is 4.68 Å². The van der Waals surface area contributed by atoms with E-state index in [1.54, 1.807) is 6.20 Å². The van der Waals surface area contributed by atoms with Crippen LogP contribution in [-0.4, -0.2) is 29.0 Å². The normalized spacial score (nSPS) is 19.3. The van der Waals surface area contributed by atoms with Gasteiger partial charge in [0.1, 0.15) is 0 Å². The van der Waals surface area contributed by atoms with Gasteiger partial charge in [-0.1, -0.05) is 6.07 Å². The maximum absolute atomic E-state index is 5.52. The molecule has 1 aliphatic heterocycles. The lowest BCUT2D eigenvalue weighted by atomic mass is 10.1. The summed E-state index contributed by atoms with van der Waals surface area (Å²) in [5.41, 5.74) is 3.50. The number of ether oxygens (including phenoxy) is 1. The molecular weight excluding hydrogens is 238 g/mol. The molecule has 1 aromatic heterocycles. The van der Waals surface area contributed by atoms with Crippen LogP contribution < -0.4 is 5.32 Å². The number of hydrogen-bond acceptors (Lipinski definition) is 3. The number of aryl methyl sites for hydroxylation is 1. The minimum absolute atomic E-state index is 0.417. The Morgan fingerprint density at radius 2 is 2.37 bits per heavy atom. The van der Waals surface area contributed by atoms with Gasteiger partial charge in [0.05, 0.1) is 12.3 Å². The van der Waals surface area contributed by atoms with Crippen LogP contribution in [0.2, 0.25) is 0 Å². The standard InChI is InChI=1S/C15H19N3O/c1-12-5-6-14(18-8-3-7-16-18)10-15(12)17-13-4-2-9-19-11-13/h3,5-8,10,13,17H,2,4,9,11H2,1H3. The zero-order valence-corrected chi connectivity index (χ0v) is 11.2. The van der Waals surface area contributed by atoms with Crippen molar-refractivity contribution < 1.29 is 4.74 Å². The molecule has 2 heterocycles. The van der Waals surface area contributed by atoms with Crippen LogP contribution in [0.15, 0.2) is 36.7 Å². The Hall–Kier alpha value is -1.81. The van der Waals surface area contributed by atoms with Crippen molar-refractivity contribution >= 4 is 5.69 Å². The molecule has 19 heavy (non-hydrogen) atoms. The fourth-order valence-electron chi connectivity index (χ4n) is 2.40. The van der Waals surface area contributed by atoms with E-state index in [1.165, 1.54) is 17.7 Å². The third kappa shape index (κ3) is 2.79. The van der Waals surface area contributed by atoms with Gasteiger partial charge in [0.15, 0.2) is 0 Å². The Kier molecular flexibility index (Phi) is 3.51. The molecule has 0 radical (unpaired) electrons. The fraction of sp³-hybridized carbons (Fsp3) is 0.400. The van der Waals surface area contributed by atoms with Gasteiger partial charge in [-0.2, -0.15) is 5.10 Å². The molecule has 0 amide bonds. The Labute approximate surface area is 113 Å². The highest BCUT2D eigenvalue weighted by atomic mass is 16.5. The smallest absolute Gasteiger partial charge is 0.0667 e. The zero-order chi connectivity index (χ0) is 13.1. The highest BCUT2D eigenvalue weighted by Crippen LogP contribution is 2.22. The summed E-state index contributed by atoms with van der Waals surface area (Å²) >= 11 is 0. The van der Waals surface area contributed by atoms with Gasteiger partial charge in [-0.3, -0.25) is 0 Å². The number of aromatic nitrogens is 2. The first-order valence-electron chi connectivity index (χ1n) is 6.78. The second-order valence-corrected chi connectivity index (χ2v) is 5.01. The van der Waals surface area contributed by atoms with E-state index >= 15 is 0 Å². The van der Waals surface area contributed by atoms with Gasteiger partial charge in [0.2, 0.25) is 0 Å². The van der Waals surface area contributed by atoms with Crippen LogP contribution in [0.25, 0.3) is 5.69 Å². The zero-order valence-electron chi connectivity index (χ0n) is 11.2. The third-order valence-corrected chi connectivity index (χ3v) is 3.51. The number of nitrogens with zero attached hydrogens (tertiary/aromatic N) is 2. The van der Waals surface area contributed by atoms with Crippen molar-refractivity contribution in [3.63, 3.8) is 0 Å². The van der Waals surface area contributed by atoms with Crippen molar-refractivity contribution in [2.45, 2.75) is 25.8 Å². The van der Waals surface area contributed by atoms with Crippen LogP contribution in [0.4, 0.5) is 5.69 Å². The van der Waals surface area contributed by atoms with Crippen molar-refractivity contribution in [2.24, 2.45) is 0 Å². The van der Waals surface area contributed by atoms with Gasteiger partial charge in [-0.15, -0.1) is 0 Å². The van der Waals surface area contributed by atoms with Crippen molar-refractivity contribution in [2.75, 3.05) is 18.5 Å². The summed E-state index contributed by atoms with van der Waals surface area (Å²) < 4.78 is 7.39. The van der Waals surface area contributed by atoms with E-state index in [-0.39, 0.29) is 0 Å². The number of benzene rings is 1. The summed E-state index contributed by atoms with van der Waals surface area (Å²) in [5.74, 6) is 0. The lowest BCUT2D eigenvalue weighted by Gasteiger charge is -2.25. The summed E-state index contributed by atoms with van der Waals surface area (Å²) in [6.07, 6.45) is 6.06. The van der Waals surface area contributed by atoms with Crippen LogP contribution in [0.5, 0.6) is 0 Å². The van der Waals surface area contributed by atoms with Crippen molar-refractivity contribution in [1.29, 1.82) is 0 Å². The highest BCUT2D eigenvalue weighted by Gasteiger charge is 2.14. The maximum Gasteiger partial charge on any atom is 0.0667 e. The molecule has 1 saturated heterocycles. The first kappa shape index (κ1) is 12.2. The molecule has 0 bridgehead atoms. The summed E-state index contributed by atoms with van der Waals surface area (Å²) in [5, 5.41) is 7.85. The maximum atomic E-state index is 5.52. The Morgan fingerprint density at radius 1 is 1.42 bits per heavy atom. The number of rotatable bonds is 3. The van der Waals surface area contributed by atoms with Gasteiger partial charge in [-0.05, 0) is 43.5 Å². The number of nitrogens with one attached hydrogen (secondary N) is 1. The molecule has 4 nitrogen and oxygen atoms in total. The number of anilines is 1. The van der Waals surface area contributed by atoms with E-state index in [0.29, 0.717) is 6.04 Å². The summed E-state index contributed by atoms with van der Waals surface area (Å²) in [6, 6.07) is 8.72. The second kappa shape index (κ2) is 5.45. The van der Waals surface area contributed by atoms with Crippen molar-refractivity contribution in [3.8, 4) is 5.69 Å². The molecular formula is C15H19N3O. The molecule has 1 unspecified atom stereocenters. The predicted molar refractivity (Wildman–Crippen MR) is 75.8 cm³/mol. The first-order chi connectivity index (χ1) is 9.33. The largest absolute Gasteiger partial charge is 0.380 e. The quantitative estimate of drug-likeness (QED) is 0.919. The van der Waals surface area contributed by atoms with E-state index in [1.807, 2.05) is 16.9 Å². The molecule has 3 rings (SSSR count). The molecule has 2 aromatic rings. The second-order valence-electron chi connectivity index (χ2n) is 5.01. The molecule has 100 valence electrons. The first-order valence-corrected chi connectivity index (χ1v) is 6.78. The lowest BCUT2D eigenvalue weighted by Crippen LogP contribution is -2.30. The van der Waals surface area contributed by atoms with E-state index in [4.69, 9.17) is 4.74 Å². The van der Waals surface area contributed by atoms with Crippen LogP contribution in [0.1, 0.15) is 18.4 Å². The topological polar surface area (TPSA) is 39.1 Å². The predicted octanol–water partition coefficient (Wildman–Crippen LogP) is 2.77. The van der Waals surface area contributed by atoms with Crippen LogP contribution >= 0.6 is 0 Å². The van der Waals surface area contributed by atoms with Crippen molar-refractivity contribution in [1.82, 2.24) is 9.78 Å². The molecule has 1 fully saturated rings. The Balaban J connectivity index is 1.81. The average Bonchev–Trinajstić information content (AvgIpc) is 2.96. The minimum atomic E-state index is 0.417. The monoisotopic (exact) mass is 257 g/mol. The minimum Gasteiger partial charge on any atom is -0.380 e. The van der Waals surface area contributed by atoms with E-state index < -0.39 is 0 Å². The summed E-state index contributed by atoms with van der Waals surface area (Å²) in [7, 11) is 0.